The Morgan fingerprint density at radius 2 is 2.27 bits per heavy atom. The minimum absolute atomic E-state index is 0.0440. The van der Waals surface area contributed by atoms with Crippen molar-refractivity contribution in [3.05, 3.63) is 0 Å². The summed E-state index contributed by atoms with van der Waals surface area (Å²) in [6.45, 7) is 2.98. The molecule has 0 aromatic rings. The molecule has 0 radical (unpaired) electrons. The first-order valence-electron chi connectivity index (χ1n) is 3.45. The zero-order valence-electron chi connectivity index (χ0n) is 6.63. The van der Waals surface area contributed by atoms with Gasteiger partial charge in [0.15, 0.2) is 5.78 Å². The van der Waals surface area contributed by atoms with Crippen LogP contribution in [0.5, 0.6) is 0 Å². The lowest BCUT2D eigenvalue weighted by Gasteiger charge is -2.15. The van der Waals surface area contributed by atoms with Gasteiger partial charge in [0.1, 0.15) is 5.60 Å². The van der Waals surface area contributed by atoms with Crippen molar-refractivity contribution in [2.45, 2.75) is 19.4 Å². The number of hydrogen-bond acceptors (Lipinski definition) is 3. The molecule has 1 atom stereocenters. The molecule has 0 spiro atoms. The standard InChI is InChI=1S/C7H11NO3/c1-5(9)8-3-6(10)7(2,11)4-8/h11H,3-4H2,1-2H3. The molecule has 0 saturated carbocycles. The molecule has 11 heavy (non-hydrogen) atoms. The molecule has 62 valence electrons. The lowest BCUT2D eigenvalue weighted by Crippen LogP contribution is -2.35. The van der Waals surface area contributed by atoms with Crippen LogP contribution in [-0.2, 0) is 9.59 Å². The maximum absolute atomic E-state index is 11.0. The first kappa shape index (κ1) is 8.20. The fourth-order valence-electron chi connectivity index (χ4n) is 1.08. The molecule has 1 amide bonds. The lowest BCUT2D eigenvalue weighted by molar-refractivity contribution is -0.130. The van der Waals surface area contributed by atoms with Gasteiger partial charge in [-0.25, -0.2) is 0 Å². The number of β-amino-alcohol motifs (C(OH)–C–C–N with tert-alkyl or cyclic N) is 1. The number of hydrogen-bond donors (Lipinski definition) is 1. The average molecular weight is 157 g/mol. The van der Waals surface area contributed by atoms with Crippen LogP contribution in [0.3, 0.4) is 0 Å². The third-order valence-electron chi connectivity index (χ3n) is 1.88. The van der Waals surface area contributed by atoms with E-state index in [-0.39, 0.29) is 24.8 Å². The van der Waals surface area contributed by atoms with Crippen LogP contribution in [-0.4, -0.2) is 40.4 Å². The highest BCUT2D eigenvalue weighted by molar-refractivity contribution is 5.94. The largest absolute Gasteiger partial charge is 0.380 e. The molecule has 1 heterocycles. The van der Waals surface area contributed by atoms with Gasteiger partial charge in [0.25, 0.3) is 0 Å². The number of carbonyl (C=O) groups excluding carboxylic acids is 2. The summed E-state index contributed by atoms with van der Waals surface area (Å²) in [5.41, 5.74) is -1.33. The van der Waals surface area contributed by atoms with E-state index in [9.17, 15) is 14.7 Å². The number of rotatable bonds is 0. The van der Waals surface area contributed by atoms with Gasteiger partial charge in [0.2, 0.25) is 5.91 Å². The summed E-state index contributed by atoms with van der Waals surface area (Å²) in [6.07, 6.45) is 0. The molecular weight excluding hydrogens is 146 g/mol. The topological polar surface area (TPSA) is 57.6 Å². The van der Waals surface area contributed by atoms with E-state index in [2.05, 4.69) is 0 Å². The van der Waals surface area contributed by atoms with Gasteiger partial charge in [-0.15, -0.1) is 0 Å². The van der Waals surface area contributed by atoms with E-state index in [0.29, 0.717) is 0 Å². The van der Waals surface area contributed by atoms with E-state index >= 15 is 0 Å². The summed E-state index contributed by atoms with van der Waals surface area (Å²) in [6, 6.07) is 0. The van der Waals surface area contributed by atoms with E-state index < -0.39 is 5.60 Å². The van der Waals surface area contributed by atoms with Crippen molar-refractivity contribution in [3.63, 3.8) is 0 Å². The van der Waals surface area contributed by atoms with Crippen LogP contribution in [0.1, 0.15) is 13.8 Å². The van der Waals surface area contributed by atoms with E-state index in [4.69, 9.17) is 0 Å². The van der Waals surface area contributed by atoms with Crippen LogP contribution >= 0.6 is 0 Å². The Morgan fingerprint density at radius 3 is 2.45 bits per heavy atom. The zero-order valence-corrected chi connectivity index (χ0v) is 6.63. The molecule has 1 N–H and O–H groups in total. The van der Waals surface area contributed by atoms with Crippen molar-refractivity contribution in [1.29, 1.82) is 0 Å². The second-order valence-corrected chi connectivity index (χ2v) is 3.07. The van der Waals surface area contributed by atoms with Crippen LogP contribution < -0.4 is 0 Å². The molecule has 4 nitrogen and oxygen atoms in total. The van der Waals surface area contributed by atoms with E-state index in [0.717, 1.165) is 0 Å². The molecule has 1 saturated heterocycles. The van der Waals surface area contributed by atoms with E-state index in [1.54, 1.807) is 0 Å². The number of Topliss-reactive ketones (excluding diaryl/α,β-unsaturated/α-hetero) is 1. The quantitative estimate of drug-likeness (QED) is 0.499. The summed E-state index contributed by atoms with van der Waals surface area (Å²) in [4.78, 5) is 23.0. The van der Waals surface area contributed by atoms with Gasteiger partial charge < -0.3 is 10.0 Å². The third kappa shape index (κ3) is 1.40. The fourth-order valence-corrected chi connectivity index (χ4v) is 1.08. The molecule has 1 aliphatic rings. The minimum Gasteiger partial charge on any atom is -0.380 e. The molecule has 0 bridgehead atoms. The number of aliphatic hydroxyl groups is 1. The normalized spacial score (nSPS) is 31.2. The van der Waals surface area contributed by atoms with Crippen molar-refractivity contribution in [2.24, 2.45) is 0 Å². The highest BCUT2D eigenvalue weighted by atomic mass is 16.3. The fraction of sp³-hybridized carbons (Fsp3) is 0.714. The Balaban J connectivity index is 2.72. The van der Waals surface area contributed by atoms with Gasteiger partial charge in [-0.05, 0) is 6.92 Å². The van der Waals surface area contributed by atoms with Crippen molar-refractivity contribution in [2.75, 3.05) is 13.1 Å². The van der Waals surface area contributed by atoms with E-state index in [1.165, 1.54) is 18.7 Å². The molecule has 0 aromatic heterocycles. The van der Waals surface area contributed by atoms with Crippen LogP contribution in [0, 0.1) is 0 Å². The maximum Gasteiger partial charge on any atom is 0.219 e. The van der Waals surface area contributed by atoms with Gasteiger partial charge in [0.05, 0.1) is 13.1 Å². The van der Waals surface area contributed by atoms with Crippen molar-refractivity contribution in [1.82, 2.24) is 4.90 Å². The molecule has 4 heteroatoms. The number of carbonyl (C=O) groups is 2. The summed E-state index contributed by atoms with van der Waals surface area (Å²) < 4.78 is 0. The Kier molecular flexibility index (Phi) is 1.72. The van der Waals surface area contributed by atoms with Crippen LogP contribution in [0.25, 0.3) is 0 Å². The molecule has 1 fully saturated rings. The van der Waals surface area contributed by atoms with Crippen LogP contribution in [0.4, 0.5) is 0 Å². The van der Waals surface area contributed by atoms with Crippen molar-refractivity contribution in [3.8, 4) is 0 Å². The predicted octanol–water partition coefficient (Wildman–Crippen LogP) is -0.831. The highest BCUT2D eigenvalue weighted by Crippen LogP contribution is 2.16. The number of nitrogens with zero attached hydrogens (tertiary/aromatic N) is 1. The highest BCUT2D eigenvalue weighted by Gasteiger charge is 2.40. The Bertz CT molecular complexity index is 210. The van der Waals surface area contributed by atoms with Crippen molar-refractivity contribution >= 4 is 11.7 Å². The maximum atomic E-state index is 11.0. The third-order valence-corrected chi connectivity index (χ3v) is 1.88. The zero-order chi connectivity index (χ0) is 8.65. The molecule has 0 aliphatic carbocycles. The SMILES string of the molecule is CC(=O)N1CC(=O)C(C)(O)C1. The van der Waals surface area contributed by atoms with Gasteiger partial charge in [0, 0.05) is 6.92 Å². The van der Waals surface area contributed by atoms with Gasteiger partial charge >= 0.3 is 0 Å². The van der Waals surface area contributed by atoms with Gasteiger partial charge in [-0.2, -0.15) is 0 Å². The van der Waals surface area contributed by atoms with Crippen LogP contribution in [0.15, 0.2) is 0 Å². The smallest absolute Gasteiger partial charge is 0.219 e. The summed E-state index contributed by atoms with van der Waals surface area (Å²) in [7, 11) is 0. The molecule has 1 aliphatic heterocycles. The van der Waals surface area contributed by atoms with Gasteiger partial charge in [-0.1, -0.05) is 0 Å². The molecule has 0 aromatic carbocycles. The molecule has 1 unspecified atom stereocenters. The lowest BCUT2D eigenvalue weighted by atomic mass is 10.1. The van der Waals surface area contributed by atoms with Gasteiger partial charge in [-0.3, -0.25) is 9.59 Å². The van der Waals surface area contributed by atoms with Crippen LogP contribution in [0.2, 0.25) is 0 Å². The Hall–Kier alpha value is -0.900. The Morgan fingerprint density at radius 1 is 1.73 bits per heavy atom. The Labute approximate surface area is 64.8 Å². The molecular formula is C7H11NO3. The molecule has 1 rings (SSSR count). The number of likely N-dealkylation sites (tertiary alicyclic amines) is 1. The monoisotopic (exact) mass is 157 g/mol. The summed E-state index contributed by atoms with van der Waals surface area (Å²) >= 11 is 0. The number of amides is 1. The first-order chi connectivity index (χ1) is 4.93. The van der Waals surface area contributed by atoms with Crippen molar-refractivity contribution < 1.29 is 14.7 Å². The second-order valence-electron chi connectivity index (χ2n) is 3.07. The number of ketones is 1. The van der Waals surface area contributed by atoms with E-state index in [1.807, 2.05) is 0 Å². The summed E-state index contributed by atoms with van der Waals surface area (Å²) in [5, 5.41) is 9.34. The predicted molar refractivity (Wildman–Crippen MR) is 37.9 cm³/mol. The minimum atomic E-state index is -1.33. The summed E-state index contributed by atoms with van der Waals surface area (Å²) in [5.74, 6) is -0.455. The average Bonchev–Trinajstić information content (AvgIpc) is 2.08. The first-order valence-corrected chi connectivity index (χ1v) is 3.45. The second kappa shape index (κ2) is 2.30.